The Kier molecular flexibility index (Phi) is 4.56. The van der Waals surface area contributed by atoms with Crippen LogP contribution in [-0.2, 0) is 9.53 Å². The molecule has 6 heteroatoms. The Morgan fingerprint density at radius 2 is 1.88 bits per heavy atom. The number of aromatic amines is 1. The topological polar surface area (TPSA) is 81.3 Å². The summed E-state index contributed by atoms with van der Waals surface area (Å²) in [4.78, 5) is 30.6. The Hall–Kier alpha value is -3.15. The second-order valence-electron chi connectivity index (χ2n) is 5.05. The molecule has 0 amide bonds. The van der Waals surface area contributed by atoms with Crippen LogP contribution in [0.2, 0.25) is 0 Å². The number of para-hydroxylation sites is 1. The number of ether oxygens (including phenoxy) is 2. The van der Waals surface area contributed by atoms with Crippen LogP contribution < -0.4 is 10.3 Å². The van der Waals surface area contributed by atoms with Crippen molar-refractivity contribution >= 4 is 16.9 Å². The summed E-state index contributed by atoms with van der Waals surface area (Å²) in [7, 11) is 0. The number of H-pyrrole nitrogens is 1. The van der Waals surface area contributed by atoms with Gasteiger partial charge in [0.25, 0.3) is 5.56 Å². The number of rotatable bonds is 5. The zero-order valence-electron chi connectivity index (χ0n) is 13.1. The van der Waals surface area contributed by atoms with Crippen LogP contribution in [0.3, 0.4) is 0 Å². The molecule has 0 aliphatic rings. The number of carbonyl (C=O) groups excluding carboxylic acids is 1. The molecule has 0 fully saturated rings. The number of aromatic nitrogens is 2. The van der Waals surface area contributed by atoms with Gasteiger partial charge in [-0.05, 0) is 43.3 Å². The fourth-order valence-electron chi connectivity index (χ4n) is 2.28. The molecule has 0 aliphatic heterocycles. The van der Waals surface area contributed by atoms with E-state index in [4.69, 9.17) is 9.47 Å². The molecule has 1 N–H and O–H groups in total. The molecule has 1 heterocycles. The van der Waals surface area contributed by atoms with Crippen molar-refractivity contribution in [1.29, 1.82) is 0 Å². The van der Waals surface area contributed by atoms with Crippen molar-refractivity contribution in [2.45, 2.75) is 6.92 Å². The van der Waals surface area contributed by atoms with Crippen LogP contribution in [0.25, 0.3) is 22.3 Å². The summed E-state index contributed by atoms with van der Waals surface area (Å²) in [5, 5.41) is 0.552. The number of benzene rings is 2. The molecule has 0 unspecified atom stereocenters. The maximum absolute atomic E-state index is 12.1. The van der Waals surface area contributed by atoms with E-state index in [1.54, 1.807) is 49.4 Å². The van der Waals surface area contributed by atoms with Gasteiger partial charge in [-0.15, -0.1) is 0 Å². The van der Waals surface area contributed by atoms with E-state index in [0.29, 0.717) is 29.1 Å². The SMILES string of the molecule is CCOC(=O)COc1ccc(-c2nc3ccccc3c(=O)[nH]2)cc1. The molecule has 2 aromatic carbocycles. The van der Waals surface area contributed by atoms with Gasteiger partial charge in [0.1, 0.15) is 11.6 Å². The number of nitrogens with one attached hydrogen (secondary N) is 1. The van der Waals surface area contributed by atoms with Gasteiger partial charge in [-0.2, -0.15) is 0 Å². The van der Waals surface area contributed by atoms with Crippen LogP contribution in [0, 0.1) is 0 Å². The average molecular weight is 324 g/mol. The molecule has 6 nitrogen and oxygen atoms in total. The summed E-state index contributed by atoms with van der Waals surface area (Å²) in [6.07, 6.45) is 0. The van der Waals surface area contributed by atoms with Crippen molar-refractivity contribution in [2.75, 3.05) is 13.2 Å². The predicted octanol–water partition coefficient (Wildman–Crippen LogP) is 2.53. The monoisotopic (exact) mass is 324 g/mol. The van der Waals surface area contributed by atoms with E-state index >= 15 is 0 Å². The Morgan fingerprint density at radius 3 is 2.62 bits per heavy atom. The summed E-state index contributed by atoms with van der Waals surface area (Å²) in [6.45, 7) is 1.92. The first kappa shape index (κ1) is 15.7. The highest BCUT2D eigenvalue weighted by atomic mass is 16.6. The minimum Gasteiger partial charge on any atom is -0.482 e. The van der Waals surface area contributed by atoms with Gasteiger partial charge < -0.3 is 14.5 Å². The summed E-state index contributed by atoms with van der Waals surface area (Å²) in [6, 6.07) is 14.1. The molecule has 0 atom stereocenters. The van der Waals surface area contributed by atoms with E-state index in [0.717, 1.165) is 5.56 Å². The third kappa shape index (κ3) is 3.43. The van der Waals surface area contributed by atoms with Gasteiger partial charge in [-0.3, -0.25) is 4.79 Å². The van der Waals surface area contributed by atoms with Crippen LogP contribution in [0.5, 0.6) is 5.75 Å². The third-order valence-corrected chi connectivity index (χ3v) is 3.40. The van der Waals surface area contributed by atoms with Gasteiger partial charge >= 0.3 is 5.97 Å². The van der Waals surface area contributed by atoms with E-state index in [1.165, 1.54) is 0 Å². The van der Waals surface area contributed by atoms with E-state index in [9.17, 15) is 9.59 Å². The quantitative estimate of drug-likeness (QED) is 0.729. The number of esters is 1. The Labute approximate surface area is 138 Å². The molecule has 24 heavy (non-hydrogen) atoms. The number of fused-ring (bicyclic) bond motifs is 1. The zero-order chi connectivity index (χ0) is 16.9. The zero-order valence-corrected chi connectivity index (χ0v) is 13.1. The molecular formula is C18H16N2O4. The van der Waals surface area contributed by atoms with Crippen molar-refractivity contribution in [2.24, 2.45) is 0 Å². The molecule has 3 aromatic rings. The molecule has 0 aliphatic carbocycles. The summed E-state index contributed by atoms with van der Waals surface area (Å²) >= 11 is 0. The lowest BCUT2D eigenvalue weighted by Gasteiger charge is -2.07. The number of nitrogens with zero attached hydrogens (tertiary/aromatic N) is 1. The van der Waals surface area contributed by atoms with Gasteiger partial charge in [0.05, 0.1) is 17.5 Å². The first-order chi connectivity index (χ1) is 11.7. The number of carbonyl (C=O) groups is 1. The normalized spacial score (nSPS) is 10.5. The van der Waals surface area contributed by atoms with Crippen molar-refractivity contribution < 1.29 is 14.3 Å². The number of hydrogen-bond donors (Lipinski definition) is 1. The van der Waals surface area contributed by atoms with Crippen LogP contribution in [0.15, 0.2) is 53.3 Å². The highest BCUT2D eigenvalue weighted by Gasteiger charge is 2.07. The van der Waals surface area contributed by atoms with Crippen molar-refractivity contribution in [3.63, 3.8) is 0 Å². The average Bonchev–Trinajstić information content (AvgIpc) is 2.61. The summed E-state index contributed by atoms with van der Waals surface area (Å²) in [5.74, 6) is 0.604. The second-order valence-corrected chi connectivity index (χ2v) is 5.05. The minimum absolute atomic E-state index is 0.141. The highest BCUT2D eigenvalue weighted by Crippen LogP contribution is 2.20. The fraction of sp³-hybridized carbons (Fsp3) is 0.167. The fourth-order valence-corrected chi connectivity index (χ4v) is 2.28. The Bertz CT molecular complexity index is 916. The molecular weight excluding hydrogens is 308 g/mol. The van der Waals surface area contributed by atoms with E-state index in [2.05, 4.69) is 9.97 Å². The van der Waals surface area contributed by atoms with Crippen LogP contribution in [0.1, 0.15) is 6.92 Å². The first-order valence-electron chi connectivity index (χ1n) is 7.55. The first-order valence-corrected chi connectivity index (χ1v) is 7.55. The Morgan fingerprint density at radius 1 is 1.12 bits per heavy atom. The van der Waals surface area contributed by atoms with Crippen molar-refractivity contribution in [3.8, 4) is 17.1 Å². The van der Waals surface area contributed by atoms with Crippen molar-refractivity contribution in [1.82, 2.24) is 9.97 Å². The molecule has 1 aromatic heterocycles. The lowest BCUT2D eigenvalue weighted by atomic mass is 10.2. The molecule has 0 radical (unpaired) electrons. The van der Waals surface area contributed by atoms with E-state index in [1.807, 2.05) is 6.07 Å². The molecule has 0 bridgehead atoms. The summed E-state index contributed by atoms with van der Waals surface area (Å²) < 4.78 is 10.1. The number of hydrogen-bond acceptors (Lipinski definition) is 5. The van der Waals surface area contributed by atoms with Gasteiger partial charge in [-0.1, -0.05) is 12.1 Å². The summed E-state index contributed by atoms with van der Waals surface area (Å²) in [5.41, 5.74) is 1.21. The molecule has 0 saturated carbocycles. The smallest absolute Gasteiger partial charge is 0.344 e. The highest BCUT2D eigenvalue weighted by molar-refractivity contribution is 5.79. The van der Waals surface area contributed by atoms with Gasteiger partial charge in [0.15, 0.2) is 6.61 Å². The largest absolute Gasteiger partial charge is 0.482 e. The molecule has 3 rings (SSSR count). The van der Waals surface area contributed by atoms with Gasteiger partial charge in [0, 0.05) is 5.56 Å². The predicted molar refractivity (Wildman–Crippen MR) is 89.9 cm³/mol. The maximum Gasteiger partial charge on any atom is 0.344 e. The standard InChI is InChI=1S/C18H16N2O4/c1-2-23-16(21)11-24-13-9-7-12(8-10-13)17-19-15-6-4-3-5-14(15)18(22)20-17/h3-10H,2,11H2,1H3,(H,19,20,22). The van der Waals surface area contributed by atoms with E-state index < -0.39 is 5.97 Å². The molecule has 0 saturated heterocycles. The molecule has 122 valence electrons. The lowest BCUT2D eigenvalue weighted by molar-refractivity contribution is -0.145. The maximum atomic E-state index is 12.1. The second kappa shape index (κ2) is 6.95. The molecule has 0 spiro atoms. The van der Waals surface area contributed by atoms with E-state index in [-0.39, 0.29) is 12.2 Å². The van der Waals surface area contributed by atoms with Crippen LogP contribution in [-0.4, -0.2) is 29.2 Å². The van der Waals surface area contributed by atoms with Gasteiger partial charge in [0.2, 0.25) is 0 Å². The van der Waals surface area contributed by atoms with Gasteiger partial charge in [-0.25, -0.2) is 9.78 Å². The van der Waals surface area contributed by atoms with Crippen molar-refractivity contribution in [3.05, 3.63) is 58.9 Å². The van der Waals surface area contributed by atoms with Crippen LogP contribution >= 0.6 is 0 Å². The lowest BCUT2D eigenvalue weighted by Crippen LogP contribution is -2.14. The van der Waals surface area contributed by atoms with Crippen LogP contribution in [0.4, 0.5) is 0 Å². The minimum atomic E-state index is -0.415. The Balaban J connectivity index is 1.81. The third-order valence-electron chi connectivity index (χ3n) is 3.40.